The molecule has 1 aliphatic rings. The van der Waals surface area contributed by atoms with Crippen molar-refractivity contribution in [3.05, 3.63) is 87.7 Å². The number of aromatic nitrogens is 2. The Morgan fingerprint density at radius 2 is 1.97 bits per heavy atom. The summed E-state index contributed by atoms with van der Waals surface area (Å²) < 4.78 is 5.81. The highest BCUT2D eigenvalue weighted by Gasteiger charge is 2.31. The van der Waals surface area contributed by atoms with Crippen LogP contribution in [0.2, 0.25) is 5.02 Å². The molecule has 1 aliphatic heterocycles. The van der Waals surface area contributed by atoms with Crippen molar-refractivity contribution < 1.29 is 9.53 Å². The van der Waals surface area contributed by atoms with Crippen LogP contribution in [0.5, 0.6) is 6.01 Å². The Balaban J connectivity index is 1.61. The number of halogens is 1. The number of carbonyl (C=O) groups is 1. The monoisotopic (exact) mass is 418 g/mol. The molecule has 7 heteroatoms. The molecule has 2 aromatic carbocycles. The molecule has 1 aromatic heterocycles. The average Bonchev–Trinajstić information content (AvgIpc) is 2.78. The molecule has 0 aliphatic carbocycles. The first kappa shape index (κ1) is 19.9. The van der Waals surface area contributed by atoms with Gasteiger partial charge in [0.1, 0.15) is 12.7 Å². The number of rotatable bonds is 4. The quantitative estimate of drug-likeness (QED) is 0.640. The minimum atomic E-state index is -0.196. The van der Waals surface area contributed by atoms with Crippen LogP contribution in [0.25, 0.3) is 0 Å². The van der Waals surface area contributed by atoms with Crippen molar-refractivity contribution in [1.82, 2.24) is 14.9 Å². The summed E-state index contributed by atoms with van der Waals surface area (Å²) in [5.74, 6) is -0.170. The van der Waals surface area contributed by atoms with E-state index in [1.165, 1.54) is 11.6 Å². The maximum Gasteiger partial charge on any atom is 0.316 e. The van der Waals surface area contributed by atoms with Gasteiger partial charge in [-0.2, -0.15) is 5.26 Å². The van der Waals surface area contributed by atoms with Gasteiger partial charge in [-0.05, 0) is 48.2 Å². The fraction of sp³-hybridized carbons (Fsp3) is 0.217. The Labute approximate surface area is 179 Å². The minimum Gasteiger partial charge on any atom is -0.461 e. The first-order valence-electron chi connectivity index (χ1n) is 9.54. The minimum absolute atomic E-state index is 0.170. The number of fused-ring (bicyclic) bond motifs is 1. The van der Waals surface area contributed by atoms with Gasteiger partial charge in [0, 0.05) is 24.5 Å². The van der Waals surface area contributed by atoms with E-state index in [0.29, 0.717) is 23.6 Å². The van der Waals surface area contributed by atoms with Crippen LogP contribution in [0.1, 0.15) is 32.6 Å². The zero-order chi connectivity index (χ0) is 21.1. The van der Waals surface area contributed by atoms with Crippen LogP contribution in [-0.2, 0) is 13.0 Å². The molecule has 1 atom stereocenters. The summed E-state index contributed by atoms with van der Waals surface area (Å²) in [6, 6.07) is 14.9. The van der Waals surface area contributed by atoms with Crippen molar-refractivity contribution in [2.24, 2.45) is 0 Å². The molecule has 3 aromatic rings. The number of amides is 1. The number of ether oxygens (including phenoxy) is 1. The Kier molecular flexibility index (Phi) is 5.64. The summed E-state index contributed by atoms with van der Waals surface area (Å²) in [5, 5.41) is 9.58. The summed E-state index contributed by atoms with van der Waals surface area (Å²) in [4.78, 5) is 23.5. The lowest BCUT2D eigenvalue weighted by atomic mass is 9.93. The molecule has 4 rings (SSSR count). The van der Waals surface area contributed by atoms with Crippen LogP contribution >= 0.6 is 11.6 Å². The van der Waals surface area contributed by atoms with E-state index in [-0.39, 0.29) is 30.1 Å². The molecule has 0 fully saturated rings. The Hall–Kier alpha value is -3.43. The second-order valence-electron chi connectivity index (χ2n) is 7.22. The smallest absolute Gasteiger partial charge is 0.316 e. The molecular formula is C23H19ClN4O2. The fourth-order valence-electron chi connectivity index (χ4n) is 3.51. The standard InChI is InChI=1S/C23H19ClN4O2/c1-15-11-26-23(27-12-15)30-14-20-9-16-4-2-3-5-18(16)13-28(20)22(29)17-6-7-21(24)19(8-17)10-25/h2-8,11-12,20H,9,13-14H2,1H3/t20-/m0/s1. The van der Waals surface area contributed by atoms with E-state index in [1.54, 1.807) is 29.4 Å². The van der Waals surface area contributed by atoms with Crippen molar-refractivity contribution >= 4 is 17.5 Å². The number of benzene rings is 2. The highest BCUT2D eigenvalue weighted by molar-refractivity contribution is 6.31. The second-order valence-corrected chi connectivity index (χ2v) is 7.63. The SMILES string of the molecule is Cc1cnc(OC[C@@H]2Cc3ccccc3CN2C(=O)c2ccc(Cl)c(C#N)c2)nc1. The predicted octanol–water partition coefficient (Wildman–Crippen LogP) is 3.96. The van der Waals surface area contributed by atoms with Gasteiger partial charge < -0.3 is 9.64 Å². The molecule has 0 saturated carbocycles. The molecule has 0 radical (unpaired) electrons. The molecule has 0 N–H and O–H groups in total. The lowest BCUT2D eigenvalue weighted by molar-refractivity contribution is 0.0558. The lowest BCUT2D eigenvalue weighted by Gasteiger charge is -2.36. The van der Waals surface area contributed by atoms with Crippen molar-refractivity contribution in [2.75, 3.05) is 6.61 Å². The molecule has 0 saturated heterocycles. The van der Waals surface area contributed by atoms with E-state index in [2.05, 4.69) is 16.0 Å². The normalized spacial score (nSPS) is 15.2. The van der Waals surface area contributed by atoms with Crippen molar-refractivity contribution in [3.8, 4) is 12.1 Å². The maximum absolute atomic E-state index is 13.3. The summed E-state index contributed by atoms with van der Waals surface area (Å²) >= 11 is 6.03. The van der Waals surface area contributed by atoms with E-state index in [1.807, 2.05) is 31.2 Å². The van der Waals surface area contributed by atoms with Crippen LogP contribution in [0, 0.1) is 18.3 Å². The molecule has 150 valence electrons. The summed E-state index contributed by atoms with van der Waals surface area (Å²) in [6.07, 6.45) is 4.05. The molecule has 1 amide bonds. The fourth-order valence-corrected chi connectivity index (χ4v) is 3.67. The molecule has 2 heterocycles. The van der Waals surface area contributed by atoms with E-state index < -0.39 is 0 Å². The van der Waals surface area contributed by atoms with E-state index in [4.69, 9.17) is 16.3 Å². The van der Waals surface area contributed by atoms with Gasteiger partial charge in [0.05, 0.1) is 16.6 Å². The van der Waals surface area contributed by atoms with Crippen LogP contribution in [0.4, 0.5) is 0 Å². The number of hydrogen-bond donors (Lipinski definition) is 0. The zero-order valence-electron chi connectivity index (χ0n) is 16.4. The predicted molar refractivity (Wildman–Crippen MR) is 112 cm³/mol. The van der Waals surface area contributed by atoms with Crippen LogP contribution in [0.15, 0.2) is 54.9 Å². The Morgan fingerprint density at radius 1 is 1.23 bits per heavy atom. The molecule has 0 bridgehead atoms. The third-order valence-electron chi connectivity index (χ3n) is 5.11. The summed E-state index contributed by atoms with van der Waals surface area (Å²) in [6.45, 7) is 2.63. The lowest BCUT2D eigenvalue weighted by Crippen LogP contribution is -2.47. The van der Waals surface area contributed by atoms with E-state index in [9.17, 15) is 10.1 Å². The van der Waals surface area contributed by atoms with Crippen molar-refractivity contribution in [2.45, 2.75) is 25.9 Å². The number of nitrogens with zero attached hydrogens (tertiary/aromatic N) is 4. The third kappa shape index (κ3) is 4.12. The summed E-state index contributed by atoms with van der Waals surface area (Å²) in [7, 11) is 0. The summed E-state index contributed by atoms with van der Waals surface area (Å²) in [5.41, 5.74) is 3.94. The van der Waals surface area contributed by atoms with Gasteiger partial charge in [0.25, 0.3) is 5.91 Å². The average molecular weight is 419 g/mol. The molecule has 0 unspecified atom stereocenters. The maximum atomic E-state index is 13.3. The first-order valence-corrected chi connectivity index (χ1v) is 9.92. The zero-order valence-corrected chi connectivity index (χ0v) is 17.1. The third-order valence-corrected chi connectivity index (χ3v) is 5.44. The van der Waals surface area contributed by atoms with Gasteiger partial charge in [-0.25, -0.2) is 9.97 Å². The first-order chi connectivity index (χ1) is 14.5. The largest absolute Gasteiger partial charge is 0.461 e. The van der Waals surface area contributed by atoms with Crippen LogP contribution in [0.3, 0.4) is 0 Å². The molecule has 0 spiro atoms. The van der Waals surface area contributed by atoms with E-state index >= 15 is 0 Å². The van der Waals surface area contributed by atoms with Gasteiger partial charge in [0.15, 0.2) is 0 Å². The van der Waals surface area contributed by atoms with E-state index in [0.717, 1.165) is 11.1 Å². The number of nitriles is 1. The van der Waals surface area contributed by atoms with Gasteiger partial charge in [-0.1, -0.05) is 35.9 Å². The molecular weight excluding hydrogens is 400 g/mol. The van der Waals surface area contributed by atoms with Crippen molar-refractivity contribution in [3.63, 3.8) is 0 Å². The highest BCUT2D eigenvalue weighted by atomic mass is 35.5. The van der Waals surface area contributed by atoms with Crippen LogP contribution < -0.4 is 4.74 Å². The van der Waals surface area contributed by atoms with Gasteiger partial charge >= 0.3 is 6.01 Å². The van der Waals surface area contributed by atoms with Gasteiger partial charge in [-0.15, -0.1) is 0 Å². The van der Waals surface area contributed by atoms with Crippen LogP contribution in [-0.4, -0.2) is 33.4 Å². The molecule has 30 heavy (non-hydrogen) atoms. The second kappa shape index (κ2) is 8.52. The Bertz CT molecular complexity index is 1120. The highest BCUT2D eigenvalue weighted by Crippen LogP contribution is 2.26. The topological polar surface area (TPSA) is 79.1 Å². The van der Waals surface area contributed by atoms with Gasteiger partial charge in [-0.3, -0.25) is 4.79 Å². The van der Waals surface area contributed by atoms with Crippen molar-refractivity contribution in [1.29, 1.82) is 5.26 Å². The van der Waals surface area contributed by atoms with Gasteiger partial charge in [0.2, 0.25) is 0 Å². The Morgan fingerprint density at radius 3 is 2.70 bits per heavy atom. The number of carbonyl (C=O) groups excluding carboxylic acids is 1. The number of hydrogen-bond acceptors (Lipinski definition) is 5. The number of aryl methyl sites for hydroxylation is 1. The molecule has 6 nitrogen and oxygen atoms in total.